The van der Waals surface area contributed by atoms with Gasteiger partial charge < -0.3 is 18.8 Å². The SMILES string of the molecule is COc1ccc(C2(Cn3c4c(c5cc(Cl)ccc53)C3CCC(C4)N3C)OCCO2)cc1. The van der Waals surface area contributed by atoms with Gasteiger partial charge in [0.15, 0.2) is 0 Å². The monoisotopic (exact) mass is 438 g/mol. The fourth-order valence-corrected chi connectivity index (χ4v) is 6.04. The minimum absolute atomic E-state index is 0.457. The van der Waals surface area contributed by atoms with Crippen LogP contribution in [-0.2, 0) is 28.2 Å². The van der Waals surface area contributed by atoms with E-state index in [1.807, 2.05) is 18.2 Å². The zero-order chi connectivity index (χ0) is 21.2. The molecule has 3 aliphatic rings. The van der Waals surface area contributed by atoms with Gasteiger partial charge in [0.2, 0.25) is 5.79 Å². The van der Waals surface area contributed by atoms with E-state index in [2.05, 4.69) is 40.8 Å². The Hall–Kier alpha value is -2.05. The number of nitrogens with zero attached hydrogens (tertiary/aromatic N) is 2. The van der Waals surface area contributed by atoms with Gasteiger partial charge in [0, 0.05) is 45.7 Å². The number of hydrogen-bond acceptors (Lipinski definition) is 4. The van der Waals surface area contributed by atoms with E-state index < -0.39 is 5.79 Å². The van der Waals surface area contributed by atoms with E-state index in [1.165, 1.54) is 35.0 Å². The van der Waals surface area contributed by atoms with E-state index in [4.69, 9.17) is 25.8 Å². The molecule has 2 bridgehead atoms. The standard InChI is InChI=1S/C25H27ClN2O3/c1-27-18-6-10-22(27)24-20-13-17(26)5-9-21(20)28(23(24)14-18)15-25(30-11-12-31-25)16-3-7-19(29-2)8-4-16/h3-5,7-9,13,18,22H,6,10-12,14-15H2,1-2H3. The molecule has 2 aromatic carbocycles. The number of methoxy groups -OCH3 is 1. The smallest absolute Gasteiger partial charge is 0.213 e. The zero-order valence-electron chi connectivity index (χ0n) is 17.9. The number of benzene rings is 2. The maximum absolute atomic E-state index is 6.45. The molecule has 31 heavy (non-hydrogen) atoms. The highest BCUT2D eigenvalue weighted by Crippen LogP contribution is 2.48. The summed E-state index contributed by atoms with van der Waals surface area (Å²) in [5.74, 6) is 0.0311. The van der Waals surface area contributed by atoms with E-state index in [1.54, 1.807) is 7.11 Å². The normalized spacial score (nSPS) is 24.6. The number of fused-ring (bicyclic) bond motifs is 6. The van der Waals surface area contributed by atoms with E-state index in [-0.39, 0.29) is 0 Å². The third-order valence-electron chi connectivity index (χ3n) is 7.43. The molecule has 0 aliphatic carbocycles. The van der Waals surface area contributed by atoms with Crippen molar-refractivity contribution in [2.24, 2.45) is 0 Å². The predicted molar refractivity (Wildman–Crippen MR) is 121 cm³/mol. The first-order valence-corrected chi connectivity index (χ1v) is 11.4. The molecule has 3 aliphatic heterocycles. The Morgan fingerprint density at radius 3 is 2.61 bits per heavy atom. The van der Waals surface area contributed by atoms with Crippen molar-refractivity contribution in [3.05, 3.63) is 64.3 Å². The van der Waals surface area contributed by atoms with Gasteiger partial charge >= 0.3 is 0 Å². The van der Waals surface area contributed by atoms with Gasteiger partial charge in [-0.2, -0.15) is 0 Å². The van der Waals surface area contributed by atoms with Crippen molar-refractivity contribution in [2.45, 2.75) is 43.7 Å². The van der Waals surface area contributed by atoms with Crippen LogP contribution in [0.1, 0.15) is 35.7 Å². The molecule has 162 valence electrons. The summed E-state index contributed by atoms with van der Waals surface area (Å²) in [6.45, 7) is 1.80. The molecular formula is C25H27ClN2O3. The Bertz CT molecular complexity index is 1130. The Kier molecular flexibility index (Phi) is 4.58. The molecule has 1 aromatic heterocycles. The molecule has 6 rings (SSSR count). The van der Waals surface area contributed by atoms with Crippen LogP contribution in [0.25, 0.3) is 10.9 Å². The lowest BCUT2D eigenvalue weighted by molar-refractivity contribution is -0.175. The molecule has 0 radical (unpaired) electrons. The lowest BCUT2D eigenvalue weighted by atomic mass is 9.97. The van der Waals surface area contributed by atoms with Gasteiger partial charge in [0.05, 0.1) is 26.9 Å². The number of hydrogen-bond donors (Lipinski definition) is 0. The molecule has 5 nitrogen and oxygen atoms in total. The highest BCUT2D eigenvalue weighted by Gasteiger charge is 2.44. The second-order valence-electron chi connectivity index (χ2n) is 8.90. The topological polar surface area (TPSA) is 35.9 Å². The molecule has 3 aromatic rings. The number of rotatable bonds is 4. The van der Waals surface area contributed by atoms with E-state index >= 15 is 0 Å². The van der Waals surface area contributed by atoms with Crippen LogP contribution in [0.4, 0.5) is 0 Å². The van der Waals surface area contributed by atoms with Gasteiger partial charge in [0.25, 0.3) is 0 Å². The van der Waals surface area contributed by atoms with Crippen molar-refractivity contribution in [2.75, 3.05) is 27.4 Å². The van der Waals surface area contributed by atoms with Gasteiger partial charge in [-0.15, -0.1) is 0 Å². The quantitative estimate of drug-likeness (QED) is 0.580. The summed E-state index contributed by atoms with van der Waals surface area (Å²) >= 11 is 6.45. The maximum Gasteiger partial charge on any atom is 0.213 e. The molecule has 2 atom stereocenters. The van der Waals surface area contributed by atoms with Crippen molar-refractivity contribution < 1.29 is 14.2 Å². The third-order valence-corrected chi connectivity index (χ3v) is 7.66. The van der Waals surface area contributed by atoms with Crippen molar-refractivity contribution in [3.8, 4) is 5.75 Å². The first kappa shape index (κ1) is 19.6. The first-order valence-electron chi connectivity index (χ1n) is 11.0. The van der Waals surface area contributed by atoms with Crippen LogP contribution < -0.4 is 4.74 Å². The average molecular weight is 439 g/mol. The average Bonchev–Trinajstić information content (AvgIpc) is 3.43. The van der Waals surface area contributed by atoms with Crippen molar-refractivity contribution >= 4 is 22.5 Å². The summed E-state index contributed by atoms with van der Waals surface area (Å²) in [5.41, 5.74) is 5.08. The Balaban J connectivity index is 1.51. The third kappa shape index (κ3) is 2.94. The van der Waals surface area contributed by atoms with Crippen LogP contribution in [0.2, 0.25) is 5.02 Å². The molecule has 6 heteroatoms. The number of likely N-dealkylation sites (N-methyl/N-ethyl adjacent to an activating group) is 1. The fraction of sp³-hybridized carbons (Fsp3) is 0.440. The minimum Gasteiger partial charge on any atom is -0.497 e. The second-order valence-corrected chi connectivity index (χ2v) is 9.34. The maximum atomic E-state index is 6.45. The Morgan fingerprint density at radius 2 is 1.87 bits per heavy atom. The molecule has 0 amide bonds. The molecule has 2 fully saturated rings. The summed E-state index contributed by atoms with van der Waals surface area (Å²) in [6, 6.07) is 15.4. The Morgan fingerprint density at radius 1 is 1.10 bits per heavy atom. The van der Waals surface area contributed by atoms with E-state index in [0.29, 0.717) is 31.8 Å². The van der Waals surface area contributed by atoms with Crippen LogP contribution in [0.5, 0.6) is 5.75 Å². The highest BCUT2D eigenvalue weighted by atomic mass is 35.5. The molecule has 2 unspecified atom stereocenters. The van der Waals surface area contributed by atoms with E-state index in [0.717, 1.165) is 22.8 Å². The van der Waals surface area contributed by atoms with Crippen LogP contribution in [0, 0.1) is 0 Å². The zero-order valence-corrected chi connectivity index (χ0v) is 18.7. The molecule has 0 spiro atoms. The lowest BCUT2D eigenvalue weighted by Crippen LogP contribution is -2.37. The molecule has 4 heterocycles. The fourth-order valence-electron chi connectivity index (χ4n) is 5.86. The van der Waals surface area contributed by atoms with E-state index in [9.17, 15) is 0 Å². The number of aromatic nitrogens is 1. The largest absolute Gasteiger partial charge is 0.497 e. The number of ether oxygens (including phenoxy) is 3. The van der Waals surface area contributed by atoms with Crippen molar-refractivity contribution in [1.29, 1.82) is 0 Å². The van der Waals surface area contributed by atoms with Gasteiger partial charge in [-0.25, -0.2) is 0 Å². The number of halogens is 1. The van der Waals surface area contributed by atoms with Crippen LogP contribution in [0.3, 0.4) is 0 Å². The molecule has 2 saturated heterocycles. The molecule has 0 N–H and O–H groups in total. The summed E-state index contributed by atoms with van der Waals surface area (Å²) in [6.07, 6.45) is 3.50. The predicted octanol–water partition coefficient (Wildman–Crippen LogP) is 4.89. The summed E-state index contributed by atoms with van der Waals surface area (Å²) in [7, 11) is 3.95. The van der Waals surface area contributed by atoms with Crippen LogP contribution in [0.15, 0.2) is 42.5 Å². The van der Waals surface area contributed by atoms with Gasteiger partial charge in [-0.05, 0) is 67.9 Å². The summed E-state index contributed by atoms with van der Waals surface area (Å²) in [4.78, 5) is 2.55. The van der Waals surface area contributed by atoms with Crippen molar-refractivity contribution in [1.82, 2.24) is 9.47 Å². The summed E-state index contributed by atoms with van der Waals surface area (Å²) in [5, 5.41) is 2.05. The molecular weight excluding hydrogens is 412 g/mol. The lowest BCUT2D eigenvalue weighted by Gasteiger charge is -2.34. The molecule has 0 saturated carbocycles. The second kappa shape index (κ2) is 7.24. The highest BCUT2D eigenvalue weighted by molar-refractivity contribution is 6.31. The van der Waals surface area contributed by atoms with Gasteiger partial charge in [-0.3, -0.25) is 4.90 Å². The first-order chi connectivity index (χ1) is 15.1. The minimum atomic E-state index is -0.798. The van der Waals surface area contributed by atoms with Gasteiger partial charge in [-0.1, -0.05) is 11.6 Å². The van der Waals surface area contributed by atoms with Crippen molar-refractivity contribution in [3.63, 3.8) is 0 Å². The summed E-state index contributed by atoms with van der Waals surface area (Å²) < 4.78 is 20.4. The Labute approximate surface area is 187 Å². The van der Waals surface area contributed by atoms with Crippen LogP contribution in [-0.4, -0.2) is 42.9 Å². The van der Waals surface area contributed by atoms with Crippen LogP contribution >= 0.6 is 11.6 Å². The van der Waals surface area contributed by atoms with Gasteiger partial charge in [0.1, 0.15) is 5.75 Å².